The van der Waals surface area contributed by atoms with Crippen molar-refractivity contribution >= 4 is 0 Å². The van der Waals surface area contributed by atoms with E-state index in [-0.39, 0.29) is 5.75 Å². The number of hydrogen-bond acceptors (Lipinski definition) is 4. The fourth-order valence-corrected chi connectivity index (χ4v) is 1.71. The molecule has 0 fully saturated rings. The maximum Gasteiger partial charge on any atom is 0.160 e. The number of ether oxygens (including phenoxy) is 1. The largest absolute Gasteiger partial charge is 0.504 e. The molecule has 0 radical (unpaired) electrons. The van der Waals surface area contributed by atoms with Crippen LogP contribution in [0.25, 0.3) is 0 Å². The second kappa shape index (κ2) is 4.86. The van der Waals surface area contributed by atoms with Crippen LogP contribution in [0.3, 0.4) is 0 Å². The molecule has 0 amide bonds. The van der Waals surface area contributed by atoms with Gasteiger partial charge in [-0.1, -0.05) is 17.3 Å². The fourth-order valence-electron chi connectivity index (χ4n) is 1.71. The van der Waals surface area contributed by atoms with Crippen molar-refractivity contribution in [3.8, 4) is 11.5 Å². The van der Waals surface area contributed by atoms with Crippen LogP contribution in [0.1, 0.15) is 11.3 Å². The number of methoxy groups -OCH3 is 1. The summed E-state index contributed by atoms with van der Waals surface area (Å²) in [5.74, 6) is 0.709. The monoisotopic (exact) mass is 233 g/mol. The van der Waals surface area contributed by atoms with Gasteiger partial charge in [0.25, 0.3) is 0 Å². The molecule has 0 unspecified atom stereocenters. The summed E-state index contributed by atoms with van der Waals surface area (Å²) in [6.45, 7) is 0. The maximum absolute atomic E-state index is 9.91. The average Bonchev–Trinajstić information content (AvgIpc) is 2.74. The standard InChI is InChI=1S/C12H15N3O2/c1-15-8-10(13-14-15)7-6-9-4-3-5-11(17-2)12(9)16/h3-5,8,16H,6-7H2,1-2H3. The fraction of sp³-hybridized carbons (Fsp3) is 0.333. The number of phenolic OH excluding ortho intramolecular Hbond substituents is 1. The Balaban J connectivity index is 2.09. The van der Waals surface area contributed by atoms with Crippen molar-refractivity contribution in [2.24, 2.45) is 7.05 Å². The molecule has 5 nitrogen and oxygen atoms in total. The molecule has 1 aromatic carbocycles. The van der Waals surface area contributed by atoms with Crippen LogP contribution in [-0.2, 0) is 19.9 Å². The van der Waals surface area contributed by atoms with Crippen molar-refractivity contribution in [2.45, 2.75) is 12.8 Å². The lowest BCUT2D eigenvalue weighted by molar-refractivity contribution is 0.370. The van der Waals surface area contributed by atoms with Crippen LogP contribution in [0.4, 0.5) is 0 Å². The first-order valence-corrected chi connectivity index (χ1v) is 5.40. The number of rotatable bonds is 4. The minimum absolute atomic E-state index is 0.207. The second-order valence-electron chi connectivity index (χ2n) is 3.85. The van der Waals surface area contributed by atoms with Crippen LogP contribution in [0.2, 0.25) is 0 Å². The molecule has 0 aliphatic rings. The lowest BCUT2D eigenvalue weighted by Crippen LogP contribution is -1.94. The highest BCUT2D eigenvalue weighted by Crippen LogP contribution is 2.29. The van der Waals surface area contributed by atoms with Crippen LogP contribution >= 0.6 is 0 Å². The van der Waals surface area contributed by atoms with Crippen molar-refractivity contribution in [1.82, 2.24) is 15.0 Å². The lowest BCUT2D eigenvalue weighted by Gasteiger charge is -2.07. The SMILES string of the molecule is COc1cccc(CCc2cn(C)nn2)c1O. The molecule has 2 rings (SSSR count). The quantitative estimate of drug-likeness (QED) is 0.865. The predicted molar refractivity (Wildman–Crippen MR) is 63.1 cm³/mol. The highest BCUT2D eigenvalue weighted by molar-refractivity contribution is 5.45. The Morgan fingerprint density at radius 3 is 2.82 bits per heavy atom. The van der Waals surface area contributed by atoms with E-state index in [1.165, 1.54) is 0 Å². The van der Waals surface area contributed by atoms with E-state index in [1.54, 1.807) is 17.9 Å². The third kappa shape index (κ3) is 2.55. The second-order valence-corrected chi connectivity index (χ2v) is 3.85. The van der Waals surface area contributed by atoms with Gasteiger partial charge < -0.3 is 9.84 Å². The molecular weight excluding hydrogens is 218 g/mol. The molecule has 1 aromatic heterocycles. The Hall–Kier alpha value is -2.04. The number of nitrogens with zero attached hydrogens (tertiary/aromatic N) is 3. The van der Waals surface area contributed by atoms with Crippen LogP contribution in [0.15, 0.2) is 24.4 Å². The summed E-state index contributed by atoms with van der Waals surface area (Å²) < 4.78 is 6.73. The van der Waals surface area contributed by atoms with E-state index in [0.717, 1.165) is 17.7 Å². The maximum atomic E-state index is 9.91. The third-order valence-corrected chi connectivity index (χ3v) is 2.60. The molecule has 1 N–H and O–H groups in total. The van der Waals surface area contributed by atoms with E-state index in [2.05, 4.69) is 10.3 Å². The summed E-state index contributed by atoms with van der Waals surface area (Å²) in [6.07, 6.45) is 3.33. The molecule has 0 atom stereocenters. The van der Waals surface area contributed by atoms with Gasteiger partial charge in [0.15, 0.2) is 11.5 Å². The van der Waals surface area contributed by atoms with Crippen LogP contribution < -0.4 is 4.74 Å². The highest BCUT2D eigenvalue weighted by atomic mass is 16.5. The summed E-state index contributed by atoms with van der Waals surface area (Å²) in [5, 5.41) is 17.8. The van der Waals surface area contributed by atoms with E-state index in [1.807, 2.05) is 25.4 Å². The molecular formula is C12H15N3O2. The van der Waals surface area contributed by atoms with Crippen molar-refractivity contribution in [2.75, 3.05) is 7.11 Å². The normalized spacial score (nSPS) is 10.5. The molecule has 0 spiro atoms. The highest BCUT2D eigenvalue weighted by Gasteiger charge is 2.08. The van der Waals surface area contributed by atoms with Gasteiger partial charge in [-0.15, -0.1) is 5.10 Å². The van der Waals surface area contributed by atoms with Crippen molar-refractivity contribution < 1.29 is 9.84 Å². The van der Waals surface area contributed by atoms with Gasteiger partial charge in [0.2, 0.25) is 0 Å². The summed E-state index contributed by atoms with van der Waals surface area (Å²) in [5.41, 5.74) is 1.77. The number of aromatic hydroxyl groups is 1. The summed E-state index contributed by atoms with van der Waals surface area (Å²) in [6, 6.07) is 5.49. The van der Waals surface area contributed by atoms with Crippen molar-refractivity contribution in [3.05, 3.63) is 35.7 Å². The molecule has 0 aliphatic heterocycles. The summed E-state index contributed by atoms with van der Waals surface area (Å²) in [7, 11) is 3.38. The first kappa shape index (κ1) is 11.4. The number of hydrogen-bond donors (Lipinski definition) is 1. The average molecular weight is 233 g/mol. The van der Waals surface area contributed by atoms with Crippen molar-refractivity contribution in [1.29, 1.82) is 0 Å². The zero-order valence-corrected chi connectivity index (χ0v) is 9.92. The Bertz CT molecular complexity index is 508. The van der Waals surface area contributed by atoms with Crippen LogP contribution in [0.5, 0.6) is 11.5 Å². The van der Waals surface area contributed by atoms with E-state index in [9.17, 15) is 5.11 Å². The number of benzene rings is 1. The van der Waals surface area contributed by atoms with E-state index < -0.39 is 0 Å². The first-order chi connectivity index (χ1) is 8.20. The van der Waals surface area contributed by atoms with Crippen LogP contribution in [0, 0.1) is 0 Å². The van der Waals surface area contributed by atoms with Gasteiger partial charge in [0.1, 0.15) is 0 Å². The number of phenols is 1. The Morgan fingerprint density at radius 1 is 1.35 bits per heavy atom. The number of aromatic nitrogens is 3. The van der Waals surface area contributed by atoms with Gasteiger partial charge in [0, 0.05) is 13.2 Å². The molecule has 90 valence electrons. The minimum Gasteiger partial charge on any atom is -0.504 e. The molecule has 0 bridgehead atoms. The predicted octanol–water partition coefficient (Wildman–Crippen LogP) is 1.31. The topological polar surface area (TPSA) is 60.2 Å². The summed E-state index contributed by atoms with van der Waals surface area (Å²) >= 11 is 0. The summed E-state index contributed by atoms with van der Waals surface area (Å²) in [4.78, 5) is 0. The number of para-hydroxylation sites is 1. The molecule has 2 aromatic rings. The minimum atomic E-state index is 0.207. The number of aryl methyl sites for hydroxylation is 3. The van der Waals surface area contributed by atoms with Gasteiger partial charge in [-0.05, 0) is 24.5 Å². The molecule has 1 heterocycles. The molecule has 0 saturated carbocycles. The van der Waals surface area contributed by atoms with E-state index >= 15 is 0 Å². The van der Waals surface area contributed by atoms with Gasteiger partial charge in [-0.3, -0.25) is 4.68 Å². The molecule has 0 aliphatic carbocycles. The first-order valence-electron chi connectivity index (χ1n) is 5.40. The third-order valence-electron chi connectivity index (χ3n) is 2.60. The Kier molecular flexibility index (Phi) is 3.27. The van der Waals surface area contributed by atoms with Gasteiger partial charge in [0.05, 0.1) is 12.8 Å². The Morgan fingerprint density at radius 2 is 2.18 bits per heavy atom. The van der Waals surface area contributed by atoms with Crippen molar-refractivity contribution in [3.63, 3.8) is 0 Å². The van der Waals surface area contributed by atoms with Gasteiger partial charge >= 0.3 is 0 Å². The van der Waals surface area contributed by atoms with Gasteiger partial charge in [-0.25, -0.2) is 0 Å². The zero-order chi connectivity index (χ0) is 12.3. The van der Waals surface area contributed by atoms with E-state index in [4.69, 9.17) is 4.74 Å². The zero-order valence-electron chi connectivity index (χ0n) is 9.92. The van der Waals surface area contributed by atoms with E-state index in [0.29, 0.717) is 12.2 Å². The van der Waals surface area contributed by atoms with Crippen LogP contribution in [-0.4, -0.2) is 27.2 Å². The van der Waals surface area contributed by atoms with Gasteiger partial charge in [-0.2, -0.15) is 0 Å². The molecule has 17 heavy (non-hydrogen) atoms. The molecule has 0 saturated heterocycles. The lowest BCUT2D eigenvalue weighted by atomic mass is 10.1. The Labute approximate surface area is 99.7 Å². The smallest absolute Gasteiger partial charge is 0.160 e. The molecule has 5 heteroatoms.